The number of benzene rings is 1. The van der Waals surface area contributed by atoms with Gasteiger partial charge in [-0.05, 0) is 31.9 Å². The first kappa shape index (κ1) is 16.2. The van der Waals surface area contributed by atoms with Crippen LogP contribution in [-0.2, 0) is 4.84 Å². The molecule has 1 aliphatic heterocycles. The molecular weight excluding hydrogens is 278 g/mol. The van der Waals surface area contributed by atoms with Crippen molar-refractivity contribution in [2.75, 3.05) is 0 Å². The van der Waals surface area contributed by atoms with E-state index in [9.17, 15) is 5.11 Å². The highest BCUT2D eigenvalue weighted by atomic mass is 28.3. The molecule has 0 bridgehead atoms. The Kier molecular flexibility index (Phi) is 4.59. The molecule has 0 aliphatic carbocycles. The highest BCUT2D eigenvalue weighted by molar-refractivity contribution is 6.76. The Morgan fingerprint density at radius 2 is 1.86 bits per heavy atom. The van der Waals surface area contributed by atoms with Crippen molar-refractivity contribution in [2.45, 2.75) is 57.7 Å². The van der Waals surface area contributed by atoms with Crippen LogP contribution in [0.15, 0.2) is 35.5 Å². The summed E-state index contributed by atoms with van der Waals surface area (Å²) in [5.74, 6) is 0.00926. The third-order valence-electron chi connectivity index (χ3n) is 3.89. The maximum Gasteiger partial charge on any atom is 0.126 e. The van der Waals surface area contributed by atoms with Crippen molar-refractivity contribution >= 4 is 13.8 Å². The largest absolute Gasteiger partial charge is 0.393 e. The molecule has 21 heavy (non-hydrogen) atoms. The first-order valence-corrected chi connectivity index (χ1v) is 11.4. The van der Waals surface area contributed by atoms with Crippen molar-refractivity contribution in [1.29, 1.82) is 0 Å². The molecule has 1 aromatic carbocycles. The van der Waals surface area contributed by atoms with Crippen LogP contribution < -0.4 is 0 Å². The van der Waals surface area contributed by atoms with E-state index < -0.39 is 13.7 Å². The Bertz CT molecular complexity index is 500. The SMILES string of the molecule is CC(C)(O)[C@@H]1C[C@H](C[Si](C)(C)C)ON=C1c1ccccc1. The minimum atomic E-state index is -1.21. The molecule has 0 unspecified atom stereocenters. The molecule has 4 heteroatoms. The standard InChI is InChI=1S/C17H27NO2Si/c1-17(2,19)15-11-14(12-21(3,4)5)20-18-16(15)13-9-7-6-8-10-13/h6-10,14-15,19H,11-12H2,1-5H3/t14-,15-/m1/s1. The molecule has 0 amide bonds. The lowest BCUT2D eigenvalue weighted by Gasteiger charge is -2.37. The molecule has 116 valence electrons. The van der Waals surface area contributed by atoms with Crippen molar-refractivity contribution in [3.63, 3.8) is 0 Å². The predicted molar refractivity (Wildman–Crippen MR) is 90.4 cm³/mol. The second kappa shape index (κ2) is 5.93. The molecule has 0 saturated carbocycles. The molecule has 3 nitrogen and oxygen atoms in total. The second-order valence-corrected chi connectivity index (χ2v) is 13.3. The Labute approximate surface area is 129 Å². The van der Waals surface area contributed by atoms with Gasteiger partial charge in [-0.3, -0.25) is 0 Å². The third-order valence-corrected chi connectivity index (χ3v) is 5.57. The fourth-order valence-electron chi connectivity index (χ4n) is 2.90. The lowest BCUT2D eigenvalue weighted by Crippen LogP contribution is -2.43. The van der Waals surface area contributed by atoms with E-state index in [1.165, 1.54) is 0 Å². The van der Waals surface area contributed by atoms with Gasteiger partial charge in [0.2, 0.25) is 0 Å². The van der Waals surface area contributed by atoms with Crippen LogP contribution in [0, 0.1) is 5.92 Å². The van der Waals surface area contributed by atoms with Crippen LogP contribution in [-0.4, -0.2) is 30.6 Å². The number of hydrogen-bond acceptors (Lipinski definition) is 3. The third kappa shape index (κ3) is 4.42. The van der Waals surface area contributed by atoms with Crippen LogP contribution in [0.3, 0.4) is 0 Å². The van der Waals surface area contributed by atoms with Crippen molar-refractivity contribution < 1.29 is 9.94 Å². The topological polar surface area (TPSA) is 41.8 Å². The van der Waals surface area contributed by atoms with Gasteiger partial charge in [-0.2, -0.15) is 0 Å². The minimum Gasteiger partial charge on any atom is -0.393 e. The van der Waals surface area contributed by atoms with E-state index in [0.717, 1.165) is 23.7 Å². The monoisotopic (exact) mass is 305 g/mol. The molecule has 0 spiro atoms. The molecule has 1 N–H and O–H groups in total. The summed E-state index contributed by atoms with van der Waals surface area (Å²) in [6.07, 6.45) is 0.960. The lowest BCUT2D eigenvalue weighted by molar-refractivity contribution is -0.0161. The fraction of sp³-hybridized carbons (Fsp3) is 0.588. The summed E-state index contributed by atoms with van der Waals surface area (Å²) < 4.78 is 0. The molecule has 1 aromatic rings. The average Bonchev–Trinajstić information content (AvgIpc) is 2.37. The molecule has 2 rings (SSSR count). The number of aliphatic hydroxyl groups is 1. The van der Waals surface area contributed by atoms with Crippen molar-refractivity contribution in [3.05, 3.63) is 35.9 Å². The van der Waals surface area contributed by atoms with Crippen LogP contribution in [0.5, 0.6) is 0 Å². The van der Waals surface area contributed by atoms with Crippen LogP contribution in [0.4, 0.5) is 0 Å². The van der Waals surface area contributed by atoms with Crippen molar-refractivity contribution in [2.24, 2.45) is 11.1 Å². The second-order valence-electron chi connectivity index (χ2n) is 7.78. The Hall–Kier alpha value is -1.13. The van der Waals surface area contributed by atoms with E-state index in [1.54, 1.807) is 0 Å². The zero-order chi connectivity index (χ0) is 15.7. The van der Waals surface area contributed by atoms with Gasteiger partial charge in [0.05, 0.1) is 11.3 Å². The fourth-order valence-corrected chi connectivity index (χ4v) is 4.51. The smallest absolute Gasteiger partial charge is 0.126 e. The van der Waals surface area contributed by atoms with Gasteiger partial charge in [0, 0.05) is 14.0 Å². The zero-order valence-electron chi connectivity index (χ0n) is 13.8. The summed E-state index contributed by atoms with van der Waals surface area (Å²) in [7, 11) is -1.21. The highest BCUT2D eigenvalue weighted by Gasteiger charge is 2.39. The number of hydrogen-bond donors (Lipinski definition) is 1. The van der Waals surface area contributed by atoms with Crippen LogP contribution >= 0.6 is 0 Å². The van der Waals surface area contributed by atoms with Crippen LogP contribution in [0.1, 0.15) is 25.8 Å². The van der Waals surface area contributed by atoms with Gasteiger partial charge in [-0.15, -0.1) is 0 Å². The van der Waals surface area contributed by atoms with E-state index in [0.29, 0.717) is 0 Å². The molecule has 1 heterocycles. The quantitative estimate of drug-likeness (QED) is 0.857. The summed E-state index contributed by atoms with van der Waals surface area (Å²) >= 11 is 0. The Balaban J connectivity index is 2.27. The summed E-state index contributed by atoms with van der Waals surface area (Å²) in [6.45, 7) is 10.8. The van der Waals surface area contributed by atoms with Crippen molar-refractivity contribution in [3.8, 4) is 0 Å². The molecule has 0 fully saturated rings. The Morgan fingerprint density at radius 3 is 2.38 bits per heavy atom. The average molecular weight is 305 g/mol. The summed E-state index contributed by atoms with van der Waals surface area (Å²) in [4.78, 5) is 5.76. The maximum absolute atomic E-state index is 10.6. The number of rotatable bonds is 4. The minimum absolute atomic E-state index is 0.00926. The van der Waals surface area contributed by atoms with E-state index in [2.05, 4.69) is 24.8 Å². The summed E-state index contributed by atoms with van der Waals surface area (Å²) in [6, 6.07) is 11.1. The highest BCUT2D eigenvalue weighted by Crippen LogP contribution is 2.33. The molecule has 0 saturated heterocycles. The Morgan fingerprint density at radius 1 is 1.24 bits per heavy atom. The first-order chi connectivity index (χ1) is 9.67. The van der Waals surface area contributed by atoms with E-state index in [1.807, 2.05) is 44.2 Å². The van der Waals surface area contributed by atoms with Crippen LogP contribution in [0.2, 0.25) is 25.7 Å². The van der Waals surface area contributed by atoms with Gasteiger partial charge in [-0.25, -0.2) is 0 Å². The molecular formula is C17H27NO2Si. The van der Waals surface area contributed by atoms with Gasteiger partial charge in [-0.1, -0.05) is 55.1 Å². The van der Waals surface area contributed by atoms with Gasteiger partial charge in [0.25, 0.3) is 0 Å². The molecule has 2 atom stereocenters. The normalized spacial score (nSPS) is 23.4. The van der Waals surface area contributed by atoms with Gasteiger partial charge in [0.15, 0.2) is 0 Å². The maximum atomic E-state index is 10.6. The molecule has 0 radical (unpaired) electrons. The summed E-state index contributed by atoms with van der Waals surface area (Å²) in [5.41, 5.74) is 1.11. The van der Waals surface area contributed by atoms with E-state index in [-0.39, 0.29) is 12.0 Å². The van der Waals surface area contributed by atoms with Crippen LogP contribution in [0.25, 0.3) is 0 Å². The van der Waals surface area contributed by atoms with E-state index in [4.69, 9.17) is 4.84 Å². The first-order valence-electron chi connectivity index (χ1n) is 7.68. The van der Waals surface area contributed by atoms with Crippen molar-refractivity contribution in [1.82, 2.24) is 0 Å². The molecule has 1 aliphatic rings. The molecule has 0 aromatic heterocycles. The lowest BCUT2D eigenvalue weighted by atomic mass is 9.79. The van der Waals surface area contributed by atoms with Gasteiger partial charge in [0.1, 0.15) is 6.10 Å². The van der Waals surface area contributed by atoms with Gasteiger partial charge >= 0.3 is 0 Å². The summed E-state index contributed by atoms with van der Waals surface area (Å²) in [5, 5.41) is 15.0. The van der Waals surface area contributed by atoms with Gasteiger partial charge < -0.3 is 9.94 Å². The zero-order valence-corrected chi connectivity index (χ0v) is 14.8. The predicted octanol–water partition coefficient (Wildman–Crippen LogP) is 3.90. The van der Waals surface area contributed by atoms with E-state index >= 15 is 0 Å². The number of oxime groups is 1. The number of nitrogens with zero attached hydrogens (tertiary/aromatic N) is 1.